The summed E-state index contributed by atoms with van der Waals surface area (Å²) in [4.78, 5) is 13.0. The van der Waals surface area contributed by atoms with Gasteiger partial charge in [0.25, 0.3) is 0 Å². The van der Waals surface area contributed by atoms with Crippen LogP contribution in [0.5, 0.6) is 0 Å². The molecule has 7 heteroatoms. The predicted molar refractivity (Wildman–Crippen MR) is 110 cm³/mol. The van der Waals surface area contributed by atoms with Gasteiger partial charge in [-0.3, -0.25) is 4.79 Å². The highest BCUT2D eigenvalue weighted by atomic mass is 32.2. The lowest BCUT2D eigenvalue weighted by Gasteiger charge is -2.17. The first-order valence-corrected chi connectivity index (χ1v) is 11.9. The van der Waals surface area contributed by atoms with E-state index in [0.717, 1.165) is 30.6 Å². The molecule has 0 aliphatic carbocycles. The molecule has 0 spiro atoms. The van der Waals surface area contributed by atoms with E-state index < -0.39 is 10.0 Å². The Hall–Kier alpha value is -1.05. The lowest BCUT2D eigenvalue weighted by Crippen LogP contribution is -2.29. The molecule has 0 bridgehead atoms. The fraction of sp³-hybridized carbons (Fsp3) is 0.632. The number of amides is 1. The van der Waals surface area contributed by atoms with Gasteiger partial charge in [-0.2, -0.15) is 0 Å². The van der Waals surface area contributed by atoms with Crippen molar-refractivity contribution >= 4 is 33.4 Å². The van der Waals surface area contributed by atoms with Gasteiger partial charge in [-0.25, -0.2) is 13.1 Å². The van der Waals surface area contributed by atoms with Crippen LogP contribution in [-0.2, 0) is 14.8 Å². The Bertz CT molecular complexity index is 688. The van der Waals surface area contributed by atoms with Crippen LogP contribution in [0, 0.1) is 11.8 Å². The lowest BCUT2D eigenvalue weighted by atomic mass is 10.00. The molecule has 1 rings (SSSR count). The second-order valence-corrected chi connectivity index (χ2v) is 9.39. The first-order valence-electron chi connectivity index (χ1n) is 9.23. The molecular formula is C19H32N2O3S2. The van der Waals surface area contributed by atoms with E-state index in [2.05, 4.69) is 23.9 Å². The van der Waals surface area contributed by atoms with E-state index in [0.29, 0.717) is 18.2 Å². The van der Waals surface area contributed by atoms with Gasteiger partial charge in [-0.05, 0) is 36.8 Å². The van der Waals surface area contributed by atoms with E-state index in [9.17, 15) is 13.2 Å². The van der Waals surface area contributed by atoms with Crippen LogP contribution >= 0.6 is 11.8 Å². The molecule has 0 aliphatic rings. The Labute approximate surface area is 162 Å². The van der Waals surface area contributed by atoms with Crippen LogP contribution in [-0.4, -0.2) is 27.1 Å². The predicted octanol–water partition coefficient (Wildman–Crippen LogP) is 4.50. The number of hydrogen-bond acceptors (Lipinski definition) is 4. The smallest absolute Gasteiger partial charge is 0.240 e. The minimum atomic E-state index is -3.60. The lowest BCUT2D eigenvalue weighted by molar-refractivity contribution is -0.118. The standard InChI is InChI=1S/C19H32N2O3S2/c1-6-8-9-15(7-2)13-20-26(23,24)16-10-11-18(25-5)17(12-16)21-19(22)14(3)4/h10-12,14-15,20H,6-9,13H2,1-5H3,(H,21,22)/t15-/m1/s1. The number of carbonyl (C=O) groups excluding carboxylic acids is 1. The molecule has 0 saturated heterocycles. The molecule has 148 valence electrons. The van der Waals surface area contributed by atoms with Gasteiger partial charge < -0.3 is 5.32 Å². The number of thioether (sulfide) groups is 1. The highest BCUT2D eigenvalue weighted by molar-refractivity contribution is 7.98. The third-order valence-electron chi connectivity index (χ3n) is 4.37. The average molecular weight is 401 g/mol. The molecule has 0 aliphatic heterocycles. The van der Waals surface area contributed by atoms with E-state index in [-0.39, 0.29) is 16.7 Å². The zero-order valence-electron chi connectivity index (χ0n) is 16.5. The first kappa shape index (κ1) is 23.0. The Morgan fingerprint density at radius 1 is 1.23 bits per heavy atom. The fourth-order valence-electron chi connectivity index (χ4n) is 2.48. The molecule has 0 fully saturated rings. The second kappa shape index (κ2) is 10.9. The maximum absolute atomic E-state index is 12.7. The van der Waals surface area contributed by atoms with Crippen LogP contribution in [0.3, 0.4) is 0 Å². The third-order valence-corrected chi connectivity index (χ3v) is 6.59. The molecule has 0 aromatic heterocycles. The summed E-state index contributed by atoms with van der Waals surface area (Å²) in [6, 6.07) is 4.87. The van der Waals surface area contributed by atoms with Gasteiger partial charge in [0.05, 0.1) is 10.6 Å². The van der Waals surface area contributed by atoms with Crippen molar-refractivity contribution in [3.63, 3.8) is 0 Å². The summed E-state index contributed by atoms with van der Waals surface area (Å²) in [5.74, 6) is 0.0377. The van der Waals surface area contributed by atoms with Crippen LogP contribution in [0.25, 0.3) is 0 Å². The maximum atomic E-state index is 12.7. The summed E-state index contributed by atoms with van der Waals surface area (Å²) < 4.78 is 28.1. The zero-order valence-corrected chi connectivity index (χ0v) is 18.1. The molecule has 0 radical (unpaired) electrons. The quantitative estimate of drug-likeness (QED) is 0.536. The monoisotopic (exact) mass is 400 g/mol. The summed E-state index contributed by atoms with van der Waals surface area (Å²) >= 11 is 1.47. The van der Waals surface area contributed by atoms with E-state index in [1.165, 1.54) is 11.8 Å². The van der Waals surface area contributed by atoms with E-state index >= 15 is 0 Å². The van der Waals surface area contributed by atoms with Crippen molar-refractivity contribution in [3.8, 4) is 0 Å². The van der Waals surface area contributed by atoms with Crippen LogP contribution in [0.1, 0.15) is 53.4 Å². The van der Waals surface area contributed by atoms with Crippen LogP contribution < -0.4 is 10.0 Å². The van der Waals surface area contributed by atoms with Gasteiger partial charge in [0.1, 0.15) is 0 Å². The van der Waals surface area contributed by atoms with E-state index in [1.807, 2.05) is 6.26 Å². The van der Waals surface area contributed by atoms with Crippen molar-refractivity contribution in [2.24, 2.45) is 11.8 Å². The van der Waals surface area contributed by atoms with Gasteiger partial charge in [-0.1, -0.05) is 47.0 Å². The molecule has 1 amide bonds. The van der Waals surface area contributed by atoms with Gasteiger partial charge in [-0.15, -0.1) is 11.8 Å². The number of carbonyl (C=O) groups is 1. The molecule has 0 saturated carbocycles. The molecule has 5 nitrogen and oxygen atoms in total. The second-order valence-electron chi connectivity index (χ2n) is 6.77. The Morgan fingerprint density at radius 2 is 1.92 bits per heavy atom. The number of hydrogen-bond donors (Lipinski definition) is 2. The number of anilines is 1. The van der Waals surface area contributed by atoms with Crippen LogP contribution in [0.2, 0.25) is 0 Å². The Balaban J connectivity index is 2.96. The van der Waals surface area contributed by atoms with Gasteiger partial charge in [0, 0.05) is 17.4 Å². The first-order chi connectivity index (χ1) is 12.2. The van der Waals surface area contributed by atoms with Gasteiger partial charge in [0.15, 0.2) is 0 Å². The summed E-state index contributed by atoms with van der Waals surface area (Å²) in [6.07, 6.45) is 6.08. The van der Waals surface area contributed by atoms with Gasteiger partial charge in [0.2, 0.25) is 15.9 Å². The van der Waals surface area contributed by atoms with Crippen LogP contribution in [0.15, 0.2) is 28.0 Å². The summed E-state index contributed by atoms with van der Waals surface area (Å²) in [6.45, 7) is 8.27. The molecule has 0 heterocycles. The highest BCUT2D eigenvalue weighted by Crippen LogP contribution is 2.28. The van der Waals surface area contributed by atoms with Crippen molar-refractivity contribution in [3.05, 3.63) is 18.2 Å². The molecule has 26 heavy (non-hydrogen) atoms. The zero-order chi connectivity index (χ0) is 19.7. The minimum absolute atomic E-state index is 0.131. The molecule has 0 unspecified atom stereocenters. The minimum Gasteiger partial charge on any atom is -0.325 e. The van der Waals surface area contributed by atoms with Crippen LogP contribution in [0.4, 0.5) is 5.69 Å². The van der Waals surface area contributed by atoms with Crippen molar-refractivity contribution in [1.82, 2.24) is 4.72 Å². The normalized spacial score (nSPS) is 13.0. The van der Waals surface area contributed by atoms with E-state index in [1.54, 1.807) is 32.0 Å². The highest BCUT2D eigenvalue weighted by Gasteiger charge is 2.19. The van der Waals surface area contributed by atoms with Crippen molar-refractivity contribution in [2.75, 3.05) is 18.1 Å². The number of rotatable bonds is 11. The summed E-state index contributed by atoms with van der Waals surface area (Å²) in [5, 5.41) is 2.83. The topological polar surface area (TPSA) is 75.3 Å². The Kier molecular flexibility index (Phi) is 9.68. The number of benzene rings is 1. The maximum Gasteiger partial charge on any atom is 0.240 e. The Morgan fingerprint density at radius 3 is 2.46 bits per heavy atom. The molecule has 1 aromatic rings. The van der Waals surface area contributed by atoms with Crippen molar-refractivity contribution < 1.29 is 13.2 Å². The van der Waals surface area contributed by atoms with Gasteiger partial charge >= 0.3 is 0 Å². The van der Waals surface area contributed by atoms with Crippen molar-refractivity contribution in [2.45, 2.75) is 63.2 Å². The van der Waals surface area contributed by atoms with E-state index in [4.69, 9.17) is 0 Å². The summed E-state index contributed by atoms with van der Waals surface area (Å²) in [5.41, 5.74) is 0.539. The third kappa shape index (κ3) is 6.93. The summed E-state index contributed by atoms with van der Waals surface area (Å²) in [7, 11) is -3.60. The SMILES string of the molecule is CCCC[C@@H](CC)CNS(=O)(=O)c1ccc(SC)c(NC(=O)C(C)C)c1. The average Bonchev–Trinajstić information content (AvgIpc) is 2.61. The number of unbranched alkanes of at least 4 members (excludes halogenated alkanes) is 1. The molecule has 1 aromatic carbocycles. The number of nitrogens with one attached hydrogen (secondary N) is 2. The number of sulfonamides is 1. The molecule has 1 atom stereocenters. The fourth-order valence-corrected chi connectivity index (χ4v) is 4.16. The largest absolute Gasteiger partial charge is 0.325 e. The van der Waals surface area contributed by atoms with Crippen molar-refractivity contribution in [1.29, 1.82) is 0 Å². The molecular weight excluding hydrogens is 368 g/mol. The molecule has 2 N–H and O–H groups in total.